The second-order valence-electron chi connectivity index (χ2n) is 14.5. The van der Waals surface area contributed by atoms with E-state index in [9.17, 15) is 0 Å². The minimum Gasteiger partial charge on any atom is -0.466 e. The van der Waals surface area contributed by atoms with Crippen LogP contribution in [0.25, 0.3) is 0 Å². The second-order valence-corrected chi connectivity index (χ2v) is 20.3. The molecule has 0 unspecified atom stereocenters. The van der Waals surface area contributed by atoms with Crippen LogP contribution in [-0.2, 0) is 18.6 Å². The minimum absolute atomic E-state index is 0.267. The largest absolute Gasteiger partial charge is 0.466 e. The van der Waals surface area contributed by atoms with Crippen molar-refractivity contribution in [1.82, 2.24) is 4.98 Å². The minimum atomic E-state index is -3.15. The molecule has 9 heteroatoms. The van der Waals surface area contributed by atoms with E-state index in [1.165, 1.54) is 0 Å². The first-order valence-electron chi connectivity index (χ1n) is 19.5. The maximum absolute atomic E-state index is 15.3. The Bertz CT molecular complexity index is 2380. The average Bonchev–Trinajstić information content (AvgIpc) is 3.92. The molecule has 7 nitrogen and oxygen atoms in total. The Hall–Kier alpha value is -6.13. The van der Waals surface area contributed by atoms with E-state index < -0.39 is 38.6 Å². The quantitative estimate of drug-likeness (QED) is 0.115. The maximum atomic E-state index is 15.3. The van der Waals surface area contributed by atoms with Crippen molar-refractivity contribution in [3.05, 3.63) is 223 Å². The molecule has 0 amide bonds. The predicted molar refractivity (Wildman–Crippen MR) is 235 cm³/mol. The van der Waals surface area contributed by atoms with Crippen molar-refractivity contribution in [3.8, 4) is 0 Å². The fourth-order valence-electron chi connectivity index (χ4n) is 7.88. The highest BCUT2D eigenvalue weighted by Crippen LogP contribution is 2.49. The molecule has 2 aliphatic rings. The monoisotopic (exact) mass is 797 g/mol. The Morgan fingerprint density at radius 3 is 0.983 bits per heavy atom. The van der Waals surface area contributed by atoms with Crippen molar-refractivity contribution in [2.75, 3.05) is 12.3 Å². The van der Waals surface area contributed by atoms with Crippen LogP contribution in [0.1, 0.15) is 34.7 Å². The van der Waals surface area contributed by atoms with E-state index in [0.29, 0.717) is 23.2 Å². The highest BCUT2D eigenvalue weighted by Gasteiger charge is 2.42. The van der Waals surface area contributed by atoms with Gasteiger partial charge in [-0.05, 0) is 23.3 Å². The number of hydrogen-bond donors (Lipinski definition) is 0. The molecule has 0 bridgehead atoms. The van der Waals surface area contributed by atoms with Crippen LogP contribution in [0.2, 0.25) is 0 Å². The lowest BCUT2D eigenvalue weighted by Gasteiger charge is -2.24. The van der Waals surface area contributed by atoms with E-state index in [4.69, 9.17) is 24.4 Å². The zero-order chi connectivity index (χ0) is 39.4. The summed E-state index contributed by atoms with van der Waals surface area (Å²) in [5.74, 6) is 0.724. The Morgan fingerprint density at radius 2 is 0.672 bits per heavy atom. The summed E-state index contributed by atoms with van der Waals surface area (Å²) in [5, 5.41) is 3.11. The predicted octanol–water partition coefficient (Wildman–Crippen LogP) is 8.88. The van der Waals surface area contributed by atoms with Crippen LogP contribution in [0, 0.1) is 0 Å². The van der Waals surface area contributed by atoms with Gasteiger partial charge in [-0.2, -0.15) is 0 Å². The van der Waals surface area contributed by atoms with Crippen LogP contribution in [0.4, 0.5) is 0 Å². The summed E-state index contributed by atoms with van der Waals surface area (Å²) in [6.07, 6.45) is -0.440. The summed E-state index contributed by atoms with van der Waals surface area (Å²) in [6, 6.07) is 63.3. The van der Waals surface area contributed by atoms with Gasteiger partial charge in [-0.15, -0.1) is 0 Å². The first kappa shape index (κ1) is 37.4. The normalized spacial score (nSPS) is 19.1. The summed E-state index contributed by atoms with van der Waals surface area (Å²) >= 11 is 0. The number of rotatable bonds is 12. The Morgan fingerprint density at radius 1 is 0.379 bits per heavy atom. The van der Waals surface area contributed by atoms with Crippen LogP contribution in [0.5, 0.6) is 0 Å². The fourth-order valence-corrected chi connectivity index (χ4v) is 13.5. The highest BCUT2D eigenvalue weighted by molar-refractivity contribution is 7.79. The van der Waals surface area contributed by atoms with Gasteiger partial charge in [-0.25, -0.2) is 15.0 Å². The van der Waals surface area contributed by atoms with Gasteiger partial charge in [0.1, 0.15) is 50.0 Å². The van der Waals surface area contributed by atoms with Gasteiger partial charge in [0.25, 0.3) is 0 Å². The number of hydrogen-bond acceptors (Lipinski definition) is 7. The topological polar surface area (TPSA) is 90.2 Å². The van der Waals surface area contributed by atoms with Gasteiger partial charge >= 0.3 is 0 Å². The van der Waals surface area contributed by atoms with Crippen LogP contribution in [0.3, 0.4) is 0 Å². The molecular formula is C49H41N3O4P2. The van der Waals surface area contributed by atoms with E-state index in [1.54, 1.807) is 0 Å². The number of aliphatic imine (C=N–C) groups is 2. The van der Waals surface area contributed by atoms with Crippen molar-refractivity contribution < 1.29 is 18.6 Å². The van der Waals surface area contributed by atoms with Gasteiger partial charge in [-0.1, -0.05) is 188 Å². The molecule has 2 aliphatic heterocycles. The number of benzene rings is 6. The summed E-state index contributed by atoms with van der Waals surface area (Å²) in [6.45, 7) is 0. The summed E-state index contributed by atoms with van der Waals surface area (Å²) in [5.41, 5.74) is 2.91. The molecule has 1 aromatic heterocycles. The second kappa shape index (κ2) is 16.4. The number of ether oxygens (including phenoxy) is 2. The van der Waals surface area contributed by atoms with Crippen molar-refractivity contribution in [3.63, 3.8) is 0 Å². The average molecular weight is 798 g/mol. The maximum Gasteiger partial charge on any atom is 0.236 e. The van der Waals surface area contributed by atoms with E-state index in [-0.39, 0.29) is 12.3 Å². The molecule has 7 aromatic rings. The van der Waals surface area contributed by atoms with Crippen LogP contribution >= 0.6 is 14.3 Å². The number of pyridine rings is 1. The molecule has 9 rings (SSSR count). The van der Waals surface area contributed by atoms with Gasteiger partial charge in [0.15, 0.2) is 0 Å². The van der Waals surface area contributed by atoms with Crippen molar-refractivity contribution in [2.45, 2.75) is 24.3 Å². The van der Waals surface area contributed by atoms with E-state index in [1.807, 2.05) is 200 Å². The molecule has 0 radical (unpaired) electrons. The van der Waals surface area contributed by atoms with E-state index in [2.05, 4.69) is 0 Å². The molecule has 286 valence electrons. The lowest BCUT2D eigenvalue weighted by atomic mass is 10.0. The molecule has 0 saturated carbocycles. The van der Waals surface area contributed by atoms with Crippen molar-refractivity contribution in [2.24, 2.45) is 9.98 Å². The van der Waals surface area contributed by atoms with Crippen molar-refractivity contribution in [1.29, 1.82) is 0 Å². The number of nitrogens with zero attached hydrogens (tertiary/aromatic N) is 3. The lowest BCUT2D eigenvalue weighted by Crippen LogP contribution is -2.26. The Balaban J connectivity index is 1.08. The zero-order valence-electron chi connectivity index (χ0n) is 31.6. The molecule has 0 N–H and O–H groups in total. The molecule has 0 spiro atoms. The third-order valence-corrected chi connectivity index (χ3v) is 17.1. The van der Waals surface area contributed by atoms with E-state index >= 15 is 9.13 Å². The van der Waals surface area contributed by atoms with Gasteiger partial charge in [-0.3, -0.25) is 0 Å². The lowest BCUT2D eigenvalue weighted by molar-refractivity contribution is 0.201. The third-order valence-electron chi connectivity index (χ3n) is 10.8. The highest BCUT2D eigenvalue weighted by atomic mass is 31.2. The Kier molecular flexibility index (Phi) is 10.6. The van der Waals surface area contributed by atoms with Gasteiger partial charge in [0.05, 0.1) is 0 Å². The first-order valence-corrected chi connectivity index (χ1v) is 23.2. The molecule has 0 aliphatic carbocycles. The molecule has 4 atom stereocenters. The first-order chi connectivity index (χ1) is 28.5. The van der Waals surface area contributed by atoms with Crippen molar-refractivity contribution >= 4 is 47.3 Å². The summed E-state index contributed by atoms with van der Waals surface area (Å²) in [4.78, 5) is 15.3. The number of aromatic nitrogens is 1. The molecule has 3 heterocycles. The zero-order valence-corrected chi connectivity index (χ0v) is 33.4. The van der Waals surface area contributed by atoms with Crippen LogP contribution in [-0.4, -0.2) is 41.2 Å². The van der Waals surface area contributed by atoms with Gasteiger partial charge in [0.2, 0.25) is 11.8 Å². The fraction of sp³-hybridized carbons (Fsp3) is 0.122. The molecule has 0 saturated heterocycles. The summed E-state index contributed by atoms with van der Waals surface area (Å²) in [7, 11) is -6.30. The van der Waals surface area contributed by atoms with Gasteiger partial charge < -0.3 is 18.6 Å². The SMILES string of the molecule is O=P(C[C@H]1N=C(c2cccc(C3=N[C@H](CP(=O)(c4ccccc4)c4ccccc4)[C@@H](c4ccccc4)O3)n2)O[C@@H]1c1ccccc1)(c1ccccc1)c1ccccc1. The smallest absolute Gasteiger partial charge is 0.236 e. The molecular weight excluding hydrogens is 757 g/mol. The molecule has 58 heavy (non-hydrogen) atoms. The standard InChI is InChI=1S/C49H41N3O4P2/c53-57(38-24-11-3-12-25-38,39-26-13-4-14-27-39)34-44-46(36-20-7-1-8-21-36)55-48(51-44)42-32-19-33-43(50-42)49-52-45(47(56-49)37-22-9-2-10-23-37)35-58(54,40-28-15-5-16-29-40)41-30-17-6-18-31-41/h1-33,44-47H,34-35H2/t44-,45-,46-,47-/m1/s1. The third kappa shape index (κ3) is 7.52. The molecule has 0 fully saturated rings. The van der Waals surface area contributed by atoms with Crippen LogP contribution in [0.15, 0.2) is 210 Å². The van der Waals surface area contributed by atoms with E-state index in [0.717, 1.165) is 32.3 Å². The summed E-state index contributed by atoms with van der Waals surface area (Å²) < 4.78 is 44.0. The van der Waals surface area contributed by atoms with Gasteiger partial charge in [0, 0.05) is 33.5 Å². The Labute approximate surface area is 338 Å². The molecule has 6 aromatic carbocycles. The van der Waals surface area contributed by atoms with Crippen LogP contribution < -0.4 is 21.2 Å².